The van der Waals surface area contributed by atoms with E-state index in [1.807, 2.05) is 18.3 Å². The number of methoxy groups -OCH3 is 1. The first-order valence-electron chi connectivity index (χ1n) is 7.48. The zero-order valence-corrected chi connectivity index (χ0v) is 12.9. The van der Waals surface area contributed by atoms with Crippen LogP contribution in [0.2, 0.25) is 0 Å². The molecule has 2 aromatic rings. The molecule has 1 unspecified atom stereocenters. The predicted molar refractivity (Wildman–Crippen MR) is 82.5 cm³/mol. The first-order chi connectivity index (χ1) is 11.2. The van der Waals surface area contributed by atoms with E-state index in [-0.39, 0.29) is 24.4 Å². The standard InChI is InChI=1S/C17H19FN2O3/c1-22-16-10-19-8-2-3-14(19)9-20(11-16)17(21)12-23-15-6-4-13(18)5-7-15/h2-8,16H,9-12H2,1H3. The predicted octanol–water partition coefficient (Wildman–Crippen LogP) is 2.06. The van der Waals surface area contributed by atoms with Gasteiger partial charge in [-0.2, -0.15) is 0 Å². The van der Waals surface area contributed by atoms with Crippen LogP contribution in [0, 0.1) is 5.82 Å². The molecule has 0 spiro atoms. The van der Waals surface area contributed by atoms with Gasteiger partial charge in [0.15, 0.2) is 6.61 Å². The van der Waals surface area contributed by atoms with Gasteiger partial charge in [-0.25, -0.2) is 4.39 Å². The quantitative estimate of drug-likeness (QED) is 0.867. The molecule has 1 aromatic heterocycles. The lowest BCUT2D eigenvalue weighted by Crippen LogP contribution is -2.39. The van der Waals surface area contributed by atoms with Crippen molar-refractivity contribution >= 4 is 5.91 Å². The van der Waals surface area contributed by atoms with Gasteiger partial charge < -0.3 is 18.9 Å². The van der Waals surface area contributed by atoms with E-state index in [9.17, 15) is 9.18 Å². The average Bonchev–Trinajstić information content (AvgIpc) is 2.91. The van der Waals surface area contributed by atoms with Crippen LogP contribution in [0.15, 0.2) is 42.6 Å². The molecule has 6 heteroatoms. The summed E-state index contributed by atoms with van der Waals surface area (Å²) in [5.41, 5.74) is 1.07. The van der Waals surface area contributed by atoms with Gasteiger partial charge in [0.2, 0.25) is 0 Å². The monoisotopic (exact) mass is 318 g/mol. The molecule has 23 heavy (non-hydrogen) atoms. The van der Waals surface area contributed by atoms with Crippen LogP contribution in [0.1, 0.15) is 5.69 Å². The second kappa shape index (κ2) is 6.83. The van der Waals surface area contributed by atoms with Crippen molar-refractivity contribution in [1.82, 2.24) is 9.47 Å². The number of rotatable bonds is 4. The van der Waals surface area contributed by atoms with Crippen molar-refractivity contribution in [2.24, 2.45) is 0 Å². The highest BCUT2D eigenvalue weighted by molar-refractivity contribution is 5.77. The number of halogens is 1. The molecule has 1 aromatic carbocycles. The highest BCUT2D eigenvalue weighted by atomic mass is 19.1. The fourth-order valence-electron chi connectivity index (χ4n) is 2.66. The van der Waals surface area contributed by atoms with Crippen LogP contribution in [-0.4, -0.2) is 41.7 Å². The topological polar surface area (TPSA) is 43.7 Å². The van der Waals surface area contributed by atoms with Crippen molar-refractivity contribution in [2.45, 2.75) is 19.2 Å². The van der Waals surface area contributed by atoms with E-state index >= 15 is 0 Å². The lowest BCUT2D eigenvalue weighted by Gasteiger charge is -2.23. The Kier molecular flexibility index (Phi) is 4.62. The molecule has 5 nitrogen and oxygen atoms in total. The normalized spacial score (nSPS) is 17.5. The third kappa shape index (κ3) is 3.71. The fraction of sp³-hybridized carbons (Fsp3) is 0.353. The number of benzene rings is 1. The molecule has 1 aliphatic rings. The molecule has 0 fully saturated rings. The minimum Gasteiger partial charge on any atom is -0.484 e. The van der Waals surface area contributed by atoms with E-state index in [2.05, 4.69) is 4.57 Å². The highest BCUT2D eigenvalue weighted by Gasteiger charge is 2.24. The molecule has 122 valence electrons. The Balaban J connectivity index is 1.65. The maximum Gasteiger partial charge on any atom is 0.260 e. The highest BCUT2D eigenvalue weighted by Crippen LogP contribution is 2.16. The molecular formula is C17H19FN2O3. The largest absolute Gasteiger partial charge is 0.484 e. The van der Waals surface area contributed by atoms with Crippen LogP contribution >= 0.6 is 0 Å². The van der Waals surface area contributed by atoms with Gasteiger partial charge in [-0.05, 0) is 36.4 Å². The lowest BCUT2D eigenvalue weighted by atomic mass is 10.3. The third-order valence-corrected chi connectivity index (χ3v) is 3.96. The number of fused-ring (bicyclic) bond motifs is 1. The molecule has 3 rings (SSSR count). The maximum absolute atomic E-state index is 12.9. The molecule has 0 aliphatic carbocycles. The molecule has 0 N–H and O–H groups in total. The van der Waals surface area contributed by atoms with Gasteiger partial charge in [0.25, 0.3) is 5.91 Å². The number of aromatic nitrogens is 1. The molecule has 1 aliphatic heterocycles. The van der Waals surface area contributed by atoms with Crippen molar-refractivity contribution in [3.63, 3.8) is 0 Å². The second-order valence-corrected chi connectivity index (χ2v) is 5.53. The Morgan fingerprint density at radius 1 is 1.26 bits per heavy atom. The summed E-state index contributed by atoms with van der Waals surface area (Å²) in [6, 6.07) is 9.59. The summed E-state index contributed by atoms with van der Waals surface area (Å²) < 4.78 is 25.9. The molecule has 0 saturated heterocycles. The number of carbonyl (C=O) groups is 1. The Labute approximate surface area is 134 Å². The molecule has 0 bridgehead atoms. The van der Waals surface area contributed by atoms with Crippen LogP contribution in [0.5, 0.6) is 5.75 Å². The van der Waals surface area contributed by atoms with E-state index in [1.165, 1.54) is 24.3 Å². The van der Waals surface area contributed by atoms with Gasteiger partial charge in [0, 0.05) is 25.5 Å². The van der Waals surface area contributed by atoms with Crippen molar-refractivity contribution in [3.05, 3.63) is 54.1 Å². The Bertz CT molecular complexity index is 669. The van der Waals surface area contributed by atoms with Gasteiger partial charge in [0.1, 0.15) is 11.6 Å². The van der Waals surface area contributed by atoms with Gasteiger partial charge >= 0.3 is 0 Å². The molecule has 2 heterocycles. The summed E-state index contributed by atoms with van der Waals surface area (Å²) in [7, 11) is 1.65. The van der Waals surface area contributed by atoms with Gasteiger partial charge in [-0.3, -0.25) is 4.79 Å². The Hall–Kier alpha value is -2.34. The van der Waals surface area contributed by atoms with E-state index in [1.54, 1.807) is 12.0 Å². The number of hydrogen-bond acceptors (Lipinski definition) is 3. The van der Waals surface area contributed by atoms with E-state index in [4.69, 9.17) is 9.47 Å². The Morgan fingerprint density at radius 2 is 2.04 bits per heavy atom. The first-order valence-corrected chi connectivity index (χ1v) is 7.48. The van der Waals surface area contributed by atoms with Gasteiger partial charge in [0.05, 0.1) is 19.2 Å². The maximum atomic E-state index is 12.9. The van der Waals surface area contributed by atoms with Crippen LogP contribution in [0.4, 0.5) is 4.39 Å². The molecule has 0 saturated carbocycles. The summed E-state index contributed by atoms with van der Waals surface area (Å²) in [6.45, 7) is 1.69. The zero-order valence-electron chi connectivity index (χ0n) is 12.9. The molecule has 1 amide bonds. The number of ether oxygens (including phenoxy) is 2. The van der Waals surface area contributed by atoms with E-state index < -0.39 is 0 Å². The average molecular weight is 318 g/mol. The number of nitrogens with zero attached hydrogens (tertiary/aromatic N) is 2. The lowest BCUT2D eigenvalue weighted by molar-refractivity contribution is -0.135. The van der Waals surface area contributed by atoms with Crippen molar-refractivity contribution in [1.29, 1.82) is 0 Å². The number of carbonyl (C=O) groups excluding carboxylic acids is 1. The summed E-state index contributed by atoms with van der Waals surface area (Å²) in [5, 5.41) is 0. The summed E-state index contributed by atoms with van der Waals surface area (Å²) >= 11 is 0. The van der Waals surface area contributed by atoms with Gasteiger partial charge in [-0.15, -0.1) is 0 Å². The summed E-state index contributed by atoms with van der Waals surface area (Å²) in [4.78, 5) is 14.2. The third-order valence-electron chi connectivity index (χ3n) is 3.96. The van der Waals surface area contributed by atoms with Crippen LogP contribution < -0.4 is 4.74 Å². The van der Waals surface area contributed by atoms with Crippen LogP contribution in [0.3, 0.4) is 0 Å². The zero-order chi connectivity index (χ0) is 16.2. The fourth-order valence-corrected chi connectivity index (χ4v) is 2.66. The molecule has 0 radical (unpaired) electrons. The van der Waals surface area contributed by atoms with Crippen molar-refractivity contribution in [2.75, 3.05) is 20.3 Å². The second-order valence-electron chi connectivity index (χ2n) is 5.53. The smallest absolute Gasteiger partial charge is 0.260 e. The number of amides is 1. The Morgan fingerprint density at radius 3 is 2.78 bits per heavy atom. The number of hydrogen-bond donors (Lipinski definition) is 0. The summed E-state index contributed by atoms with van der Waals surface area (Å²) in [6.07, 6.45) is 1.93. The molecule has 1 atom stereocenters. The minimum atomic E-state index is -0.333. The van der Waals surface area contributed by atoms with E-state index in [0.29, 0.717) is 18.8 Å². The van der Waals surface area contributed by atoms with Gasteiger partial charge in [-0.1, -0.05) is 0 Å². The SMILES string of the molecule is COC1CN(C(=O)COc2ccc(F)cc2)Cc2cccn2C1. The minimum absolute atomic E-state index is 0.0570. The van der Waals surface area contributed by atoms with Crippen LogP contribution in [0.25, 0.3) is 0 Å². The van der Waals surface area contributed by atoms with E-state index in [0.717, 1.165) is 12.2 Å². The first kappa shape index (κ1) is 15.6. The summed E-state index contributed by atoms with van der Waals surface area (Å²) in [5.74, 6) is 0.0205. The van der Waals surface area contributed by atoms with Crippen molar-refractivity contribution in [3.8, 4) is 5.75 Å². The van der Waals surface area contributed by atoms with Crippen LogP contribution in [-0.2, 0) is 22.6 Å². The van der Waals surface area contributed by atoms with Crippen molar-refractivity contribution < 1.29 is 18.7 Å². The molecular weight excluding hydrogens is 299 g/mol.